The smallest absolute Gasteiger partial charge is 0.211 e. The molecular formula is C13H17N5O2S. The van der Waals surface area contributed by atoms with Gasteiger partial charge in [-0.2, -0.15) is 5.10 Å². The SMILES string of the molecule is CS(=O)(=O)N1CC[C@H](Cc2nccnc2-c2ccn[nH]2)C1. The van der Waals surface area contributed by atoms with Crippen LogP contribution in [0.2, 0.25) is 0 Å². The monoisotopic (exact) mass is 307 g/mol. The van der Waals surface area contributed by atoms with Gasteiger partial charge in [0.15, 0.2) is 0 Å². The third-order valence-electron chi connectivity index (χ3n) is 3.73. The van der Waals surface area contributed by atoms with Gasteiger partial charge in [-0.05, 0) is 24.8 Å². The van der Waals surface area contributed by atoms with Crippen LogP contribution in [0.5, 0.6) is 0 Å². The zero-order chi connectivity index (χ0) is 14.9. The van der Waals surface area contributed by atoms with Crippen LogP contribution in [0.15, 0.2) is 24.7 Å². The third kappa shape index (κ3) is 3.11. The lowest BCUT2D eigenvalue weighted by molar-refractivity contribution is 0.459. The van der Waals surface area contributed by atoms with Crippen LogP contribution in [0.3, 0.4) is 0 Å². The number of rotatable bonds is 4. The number of hydrogen-bond donors (Lipinski definition) is 1. The largest absolute Gasteiger partial charge is 0.276 e. The van der Waals surface area contributed by atoms with E-state index in [0.29, 0.717) is 19.5 Å². The first kappa shape index (κ1) is 14.2. The second-order valence-electron chi connectivity index (χ2n) is 5.30. The molecule has 0 saturated carbocycles. The van der Waals surface area contributed by atoms with Crippen molar-refractivity contribution >= 4 is 10.0 Å². The van der Waals surface area contributed by atoms with Gasteiger partial charge in [-0.1, -0.05) is 0 Å². The van der Waals surface area contributed by atoms with Crippen molar-refractivity contribution in [1.29, 1.82) is 0 Å². The van der Waals surface area contributed by atoms with Gasteiger partial charge in [0.05, 0.1) is 17.6 Å². The summed E-state index contributed by atoms with van der Waals surface area (Å²) in [4.78, 5) is 8.77. The fourth-order valence-corrected chi connectivity index (χ4v) is 3.59. The predicted octanol–water partition coefficient (Wildman–Crippen LogP) is 0.691. The van der Waals surface area contributed by atoms with Crippen LogP contribution in [0.4, 0.5) is 0 Å². The van der Waals surface area contributed by atoms with Gasteiger partial charge < -0.3 is 0 Å². The van der Waals surface area contributed by atoms with E-state index in [2.05, 4.69) is 20.2 Å². The highest BCUT2D eigenvalue weighted by atomic mass is 32.2. The summed E-state index contributed by atoms with van der Waals surface area (Å²) < 4.78 is 24.7. The molecule has 0 aromatic carbocycles. The fourth-order valence-electron chi connectivity index (χ4n) is 2.67. The Morgan fingerprint density at radius 2 is 2.14 bits per heavy atom. The van der Waals surface area contributed by atoms with Crippen LogP contribution in [0, 0.1) is 5.92 Å². The minimum absolute atomic E-state index is 0.276. The summed E-state index contributed by atoms with van der Waals surface area (Å²) in [5, 5.41) is 6.83. The van der Waals surface area contributed by atoms with Gasteiger partial charge in [0.2, 0.25) is 10.0 Å². The number of aromatic amines is 1. The maximum Gasteiger partial charge on any atom is 0.211 e. The topological polar surface area (TPSA) is 91.8 Å². The van der Waals surface area contributed by atoms with Crippen molar-refractivity contribution in [2.45, 2.75) is 12.8 Å². The van der Waals surface area contributed by atoms with Gasteiger partial charge in [-0.3, -0.25) is 15.1 Å². The van der Waals surface area contributed by atoms with E-state index in [4.69, 9.17) is 0 Å². The molecule has 0 amide bonds. The molecule has 0 bridgehead atoms. The first-order chi connectivity index (χ1) is 10.0. The molecule has 1 N–H and O–H groups in total. The molecule has 0 radical (unpaired) electrons. The quantitative estimate of drug-likeness (QED) is 0.897. The van der Waals surface area contributed by atoms with Crippen LogP contribution in [0.25, 0.3) is 11.4 Å². The van der Waals surface area contributed by atoms with Crippen molar-refractivity contribution < 1.29 is 8.42 Å². The molecule has 1 saturated heterocycles. The van der Waals surface area contributed by atoms with Crippen LogP contribution in [-0.2, 0) is 16.4 Å². The number of aromatic nitrogens is 4. The highest BCUT2D eigenvalue weighted by Gasteiger charge is 2.29. The summed E-state index contributed by atoms with van der Waals surface area (Å²) in [6.07, 6.45) is 7.82. The maximum atomic E-state index is 11.6. The Morgan fingerprint density at radius 1 is 1.33 bits per heavy atom. The van der Waals surface area contributed by atoms with E-state index >= 15 is 0 Å². The average Bonchev–Trinajstić information content (AvgIpc) is 3.09. The lowest BCUT2D eigenvalue weighted by Gasteiger charge is -2.13. The van der Waals surface area contributed by atoms with Gasteiger partial charge in [-0.15, -0.1) is 0 Å². The first-order valence-corrected chi connectivity index (χ1v) is 8.63. The molecule has 7 nitrogen and oxygen atoms in total. The number of sulfonamides is 1. The van der Waals surface area contributed by atoms with Crippen molar-refractivity contribution in [2.75, 3.05) is 19.3 Å². The summed E-state index contributed by atoms with van der Waals surface area (Å²) in [6, 6.07) is 1.85. The van der Waals surface area contributed by atoms with Gasteiger partial charge in [-0.25, -0.2) is 12.7 Å². The Hall–Kier alpha value is -1.80. The molecule has 1 fully saturated rings. The highest BCUT2D eigenvalue weighted by molar-refractivity contribution is 7.88. The number of nitrogens with zero attached hydrogens (tertiary/aromatic N) is 4. The standard InChI is InChI=1S/C13H17N5O2S/c1-21(19,20)18-7-3-10(9-18)8-12-13(15-6-5-14-12)11-2-4-16-17-11/h2,4-6,10H,3,7-9H2,1H3,(H,16,17)/t10-/m1/s1. The number of nitrogens with one attached hydrogen (secondary N) is 1. The Balaban J connectivity index is 1.78. The molecular weight excluding hydrogens is 290 g/mol. The van der Waals surface area contributed by atoms with Crippen molar-refractivity contribution in [2.24, 2.45) is 5.92 Å². The van der Waals surface area contributed by atoms with Crippen LogP contribution < -0.4 is 0 Å². The number of H-pyrrole nitrogens is 1. The summed E-state index contributed by atoms with van der Waals surface area (Å²) in [5.74, 6) is 0.276. The molecule has 0 unspecified atom stereocenters. The summed E-state index contributed by atoms with van der Waals surface area (Å²) >= 11 is 0. The average molecular weight is 307 g/mol. The minimum Gasteiger partial charge on any atom is -0.276 e. The molecule has 2 aromatic heterocycles. The van der Waals surface area contributed by atoms with Gasteiger partial charge >= 0.3 is 0 Å². The van der Waals surface area contributed by atoms with Crippen molar-refractivity contribution in [3.63, 3.8) is 0 Å². The van der Waals surface area contributed by atoms with Gasteiger partial charge in [0.1, 0.15) is 5.69 Å². The summed E-state index contributed by atoms with van der Waals surface area (Å²) in [5.41, 5.74) is 2.49. The lowest BCUT2D eigenvalue weighted by Crippen LogP contribution is -2.27. The molecule has 1 aliphatic heterocycles. The molecule has 1 aliphatic rings. The minimum atomic E-state index is -3.10. The molecule has 0 aliphatic carbocycles. The van der Waals surface area contributed by atoms with Crippen molar-refractivity contribution in [3.05, 3.63) is 30.4 Å². The van der Waals surface area contributed by atoms with Gasteiger partial charge in [0, 0.05) is 31.7 Å². The highest BCUT2D eigenvalue weighted by Crippen LogP contribution is 2.25. The molecule has 2 aromatic rings. The second kappa shape index (κ2) is 5.53. The molecule has 8 heteroatoms. The molecule has 3 rings (SSSR count). The van der Waals surface area contributed by atoms with Crippen molar-refractivity contribution in [3.8, 4) is 11.4 Å². The first-order valence-electron chi connectivity index (χ1n) is 6.79. The molecule has 112 valence electrons. The van der Waals surface area contributed by atoms with E-state index in [-0.39, 0.29) is 5.92 Å². The van der Waals surface area contributed by atoms with E-state index in [1.54, 1.807) is 18.6 Å². The Labute approximate surface area is 123 Å². The van der Waals surface area contributed by atoms with Crippen LogP contribution in [0.1, 0.15) is 12.1 Å². The molecule has 0 spiro atoms. The Kier molecular flexibility index (Phi) is 3.73. The van der Waals surface area contributed by atoms with Crippen molar-refractivity contribution in [1.82, 2.24) is 24.5 Å². The maximum absolute atomic E-state index is 11.6. The third-order valence-corrected chi connectivity index (χ3v) is 5.00. The Bertz CT molecular complexity index is 714. The zero-order valence-electron chi connectivity index (χ0n) is 11.7. The normalized spacial score (nSPS) is 20.0. The predicted molar refractivity (Wildman–Crippen MR) is 77.8 cm³/mol. The molecule has 1 atom stereocenters. The fraction of sp³-hybridized carbons (Fsp3) is 0.462. The van der Waals surface area contributed by atoms with Crippen LogP contribution in [-0.4, -0.2) is 52.2 Å². The van der Waals surface area contributed by atoms with Crippen LogP contribution >= 0.6 is 0 Å². The van der Waals surface area contributed by atoms with E-state index in [1.165, 1.54) is 10.6 Å². The number of hydrogen-bond acceptors (Lipinski definition) is 5. The second-order valence-corrected chi connectivity index (χ2v) is 7.28. The van der Waals surface area contributed by atoms with E-state index in [0.717, 1.165) is 23.5 Å². The molecule has 3 heterocycles. The summed E-state index contributed by atoms with van der Waals surface area (Å²) in [7, 11) is -3.10. The lowest BCUT2D eigenvalue weighted by atomic mass is 10.0. The Morgan fingerprint density at radius 3 is 2.81 bits per heavy atom. The van der Waals surface area contributed by atoms with E-state index < -0.39 is 10.0 Å². The van der Waals surface area contributed by atoms with Gasteiger partial charge in [0.25, 0.3) is 0 Å². The summed E-state index contributed by atoms with van der Waals surface area (Å²) in [6.45, 7) is 1.14. The molecule has 21 heavy (non-hydrogen) atoms. The van der Waals surface area contributed by atoms with E-state index in [9.17, 15) is 8.42 Å². The zero-order valence-corrected chi connectivity index (χ0v) is 12.5. The van der Waals surface area contributed by atoms with E-state index in [1.807, 2.05) is 6.07 Å².